The van der Waals surface area contributed by atoms with Crippen LogP contribution in [0.2, 0.25) is 0 Å². The summed E-state index contributed by atoms with van der Waals surface area (Å²) in [6, 6.07) is 6.76. The maximum Gasteiger partial charge on any atom is 1.00 e. The van der Waals surface area contributed by atoms with Crippen LogP contribution in [0.1, 0.15) is 32.3 Å². The quantitative estimate of drug-likeness (QED) is 0.411. The third-order valence-electron chi connectivity index (χ3n) is 3.24. The number of carbonyl (C=O) groups is 2. The Kier molecular flexibility index (Phi) is 6.05. The van der Waals surface area contributed by atoms with Crippen molar-refractivity contribution >= 4 is 11.9 Å². The van der Waals surface area contributed by atoms with Gasteiger partial charge in [0.15, 0.2) is 0 Å². The van der Waals surface area contributed by atoms with E-state index in [4.69, 9.17) is 4.74 Å². The Labute approximate surface area is 140 Å². The van der Waals surface area contributed by atoms with Crippen molar-refractivity contribution in [3.05, 3.63) is 29.8 Å². The number of urea groups is 1. The Balaban J connectivity index is 0.00000200. The fraction of sp³-hybridized carbons (Fsp3) is 0.429. The van der Waals surface area contributed by atoms with Crippen LogP contribution in [0.15, 0.2) is 24.3 Å². The maximum absolute atomic E-state index is 11.8. The van der Waals surface area contributed by atoms with E-state index in [1.807, 2.05) is 12.1 Å². The predicted molar refractivity (Wildman–Crippen MR) is 70.9 cm³/mol. The molecule has 6 heteroatoms. The van der Waals surface area contributed by atoms with Crippen LogP contribution in [0.5, 0.6) is 5.75 Å². The molecule has 1 aromatic carbocycles. The van der Waals surface area contributed by atoms with Gasteiger partial charge in [0.25, 0.3) is 5.91 Å². The van der Waals surface area contributed by atoms with E-state index in [2.05, 4.69) is 17.6 Å². The summed E-state index contributed by atoms with van der Waals surface area (Å²) in [6.07, 6.45) is 2.10. The topological polar surface area (TPSA) is 67.4 Å². The standard InChI is InChI=1S/C14H18N2O3.Na/c1-3-4-9-19-11-7-5-10(6-8-11)14(2)12(17)15-13(18)16-14;/h5-8H,3-4,9H2,1-2H3,(H2,15,16,17,18);/q;+1. The van der Waals surface area contributed by atoms with Gasteiger partial charge in [0.1, 0.15) is 11.3 Å². The van der Waals surface area contributed by atoms with Crippen LogP contribution in [0.3, 0.4) is 0 Å². The molecule has 0 spiro atoms. The minimum absolute atomic E-state index is 0. The van der Waals surface area contributed by atoms with Crippen molar-refractivity contribution in [2.24, 2.45) is 0 Å². The molecule has 102 valence electrons. The predicted octanol–water partition coefficient (Wildman–Crippen LogP) is -1.08. The van der Waals surface area contributed by atoms with Gasteiger partial charge in [-0.15, -0.1) is 0 Å². The van der Waals surface area contributed by atoms with E-state index in [-0.39, 0.29) is 35.5 Å². The van der Waals surface area contributed by atoms with E-state index >= 15 is 0 Å². The van der Waals surface area contributed by atoms with Crippen molar-refractivity contribution in [3.63, 3.8) is 0 Å². The molecule has 2 rings (SSSR count). The van der Waals surface area contributed by atoms with Crippen LogP contribution < -0.4 is 44.9 Å². The average Bonchev–Trinajstić information content (AvgIpc) is 2.65. The van der Waals surface area contributed by atoms with Gasteiger partial charge in [-0.1, -0.05) is 25.5 Å². The summed E-state index contributed by atoms with van der Waals surface area (Å²) in [6.45, 7) is 4.47. The van der Waals surface area contributed by atoms with Crippen molar-refractivity contribution in [3.8, 4) is 5.75 Å². The first kappa shape index (κ1) is 17.0. The van der Waals surface area contributed by atoms with Gasteiger partial charge in [-0.25, -0.2) is 4.79 Å². The molecule has 1 saturated heterocycles. The van der Waals surface area contributed by atoms with E-state index in [0.717, 1.165) is 24.2 Å². The average molecular weight is 285 g/mol. The van der Waals surface area contributed by atoms with Gasteiger partial charge in [0.2, 0.25) is 0 Å². The van der Waals surface area contributed by atoms with Crippen LogP contribution in [-0.4, -0.2) is 18.5 Å². The van der Waals surface area contributed by atoms with Crippen molar-refractivity contribution in [1.82, 2.24) is 10.6 Å². The number of rotatable bonds is 5. The van der Waals surface area contributed by atoms with E-state index < -0.39 is 11.6 Å². The van der Waals surface area contributed by atoms with Gasteiger partial charge >= 0.3 is 35.6 Å². The fourth-order valence-electron chi connectivity index (χ4n) is 1.97. The number of hydrogen-bond donors (Lipinski definition) is 2. The summed E-state index contributed by atoms with van der Waals surface area (Å²) < 4.78 is 5.56. The summed E-state index contributed by atoms with van der Waals surface area (Å²) in [5, 5.41) is 4.87. The smallest absolute Gasteiger partial charge is 0.494 e. The molecule has 20 heavy (non-hydrogen) atoms. The van der Waals surface area contributed by atoms with Crippen LogP contribution >= 0.6 is 0 Å². The molecule has 0 saturated carbocycles. The largest absolute Gasteiger partial charge is 1.00 e. The number of benzene rings is 1. The number of hydrogen-bond acceptors (Lipinski definition) is 3. The third kappa shape index (κ3) is 3.53. The second-order valence-corrected chi connectivity index (χ2v) is 4.76. The molecule has 3 amide bonds. The summed E-state index contributed by atoms with van der Waals surface area (Å²) in [4.78, 5) is 23.0. The molecule has 1 aliphatic rings. The molecule has 1 fully saturated rings. The van der Waals surface area contributed by atoms with Gasteiger partial charge in [-0.2, -0.15) is 0 Å². The first-order chi connectivity index (χ1) is 9.06. The van der Waals surface area contributed by atoms with Crippen molar-refractivity contribution in [2.75, 3.05) is 6.61 Å². The second kappa shape index (κ2) is 7.11. The normalized spacial score (nSPS) is 20.9. The van der Waals surface area contributed by atoms with Crippen molar-refractivity contribution < 1.29 is 43.9 Å². The number of amides is 3. The minimum Gasteiger partial charge on any atom is -0.494 e. The van der Waals surface area contributed by atoms with Gasteiger partial charge in [0, 0.05) is 0 Å². The van der Waals surface area contributed by atoms with Gasteiger partial charge in [-0.3, -0.25) is 10.1 Å². The molecule has 0 radical (unpaired) electrons. The van der Waals surface area contributed by atoms with Gasteiger partial charge in [0.05, 0.1) is 6.61 Å². The fourth-order valence-corrected chi connectivity index (χ4v) is 1.97. The number of unbranched alkanes of at least 4 members (excludes halogenated alkanes) is 1. The van der Waals surface area contributed by atoms with Crippen molar-refractivity contribution in [2.45, 2.75) is 32.2 Å². The van der Waals surface area contributed by atoms with Crippen LogP contribution in [0, 0.1) is 0 Å². The van der Waals surface area contributed by atoms with Gasteiger partial charge in [-0.05, 0) is 31.0 Å². The molecule has 1 unspecified atom stereocenters. The van der Waals surface area contributed by atoms with E-state index in [0.29, 0.717) is 6.61 Å². The Hall–Kier alpha value is -1.04. The Morgan fingerprint density at radius 1 is 1.20 bits per heavy atom. The third-order valence-corrected chi connectivity index (χ3v) is 3.24. The molecule has 1 aromatic rings. The summed E-state index contributed by atoms with van der Waals surface area (Å²) in [5.41, 5.74) is -0.266. The van der Waals surface area contributed by atoms with E-state index in [9.17, 15) is 9.59 Å². The molecular weight excluding hydrogens is 267 g/mol. The number of ether oxygens (including phenoxy) is 1. The van der Waals surface area contributed by atoms with Crippen LogP contribution in [0.25, 0.3) is 0 Å². The maximum atomic E-state index is 11.8. The van der Waals surface area contributed by atoms with E-state index in [1.165, 1.54) is 0 Å². The number of carbonyl (C=O) groups excluding carboxylic acids is 2. The Bertz CT molecular complexity index is 490. The molecule has 5 nitrogen and oxygen atoms in total. The summed E-state index contributed by atoms with van der Waals surface area (Å²) in [5.74, 6) is 0.433. The molecule has 1 atom stereocenters. The zero-order valence-electron chi connectivity index (χ0n) is 12.2. The zero-order chi connectivity index (χ0) is 13.9. The van der Waals surface area contributed by atoms with E-state index in [1.54, 1.807) is 19.1 Å². The Morgan fingerprint density at radius 3 is 2.35 bits per heavy atom. The number of nitrogens with one attached hydrogen (secondary N) is 2. The van der Waals surface area contributed by atoms with Crippen LogP contribution in [-0.2, 0) is 10.3 Å². The molecule has 0 aromatic heterocycles. The molecule has 2 N–H and O–H groups in total. The first-order valence-corrected chi connectivity index (χ1v) is 6.43. The molecular formula is C14H18N2NaO3+. The molecule has 1 aliphatic heterocycles. The molecule has 0 aliphatic carbocycles. The first-order valence-electron chi connectivity index (χ1n) is 6.43. The number of imide groups is 1. The SMILES string of the molecule is CCCCOc1ccc(C2(C)NC(=O)NC2=O)cc1.[Na+]. The van der Waals surface area contributed by atoms with Crippen LogP contribution in [0.4, 0.5) is 4.79 Å². The summed E-state index contributed by atoms with van der Waals surface area (Å²) in [7, 11) is 0. The van der Waals surface area contributed by atoms with Crippen molar-refractivity contribution in [1.29, 1.82) is 0 Å². The molecule has 0 bridgehead atoms. The molecule has 1 heterocycles. The Morgan fingerprint density at radius 2 is 1.85 bits per heavy atom. The zero-order valence-corrected chi connectivity index (χ0v) is 14.2. The minimum atomic E-state index is -1.00. The second-order valence-electron chi connectivity index (χ2n) is 4.76. The summed E-state index contributed by atoms with van der Waals surface area (Å²) >= 11 is 0. The van der Waals surface area contributed by atoms with Gasteiger partial charge < -0.3 is 10.1 Å². The monoisotopic (exact) mass is 285 g/mol.